The fourth-order valence-corrected chi connectivity index (χ4v) is 3.50. The first-order chi connectivity index (χ1) is 10.6. The Bertz CT molecular complexity index is 631. The molecule has 0 N–H and O–H groups in total. The average Bonchev–Trinajstić information content (AvgIpc) is 3.11. The summed E-state index contributed by atoms with van der Waals surface area (Å²) < 4.78 is 5.80. The van der Waals surface area contributed by atoms with Crippen molar-refractivity contribution in [2.75, 3.05) is 13.1 Å². The minimum Gasteiger partial charge on any atom is -0.490 e. The van der Waals surface area contributed by atoms with Crippen LogP contribution in [0.25, 0.3) is 6.08 Å². The van der Waals surface area contributed by atoms with Crippen LogP contribution in [0.3, 0.4) is 0 Å². The van der Waals surface area contributed by atoms with E-state index in [2.05, 4.69) is 9.89 Å². The van der Waals surface area contributed by atoms with Crippen molar-refractivity contribution >= 4 is 28.9 Å². The number of carbonyl (C=O) groups is 1. The third-order valence-electron chi connectivity index (χ3n) is 3.55. The maximum Gasteiger partial charge on any atom is 0.286 e. The maximum absolute atomic E-state index is 12.1. The number of nitrogens with zero attached hydrogens (tertiary/aromatic N) is 2. The zero-order chi connectivity index (χ0) is 15.5. The highest BCUT2D eigenvalue weighted by Gasteiger charge is 2.27. The van der Waals surface area contributed by atoms with Crippen LogP contribution in [0.2, 0.25) is 0 Å². The molecule has 4 nitrogen and oxygen atoms in total. The number of ether oxygens (including phenoxy) is 1. The average molecular weight is 316 g/mol. The predicted octanol–water partition coefficient (Wildman–Crippen LogP) is 3.54. The van der Waals surface area contributed by atoms with Crippen molar-refractivity contribution < 1.29 is 9.53 Å². The molecule has 1 aromatic carbocycles. The number of hydrogen-bond acceptors (Lipinski definition) is 4. The fourth-order valence-electron chi connectivity index (χ4n) is 2.54. The molecule has 5 heteroatoms. The lowest BCUT2D eigenvalue weighted by Gasteiger charge is -2.15. The molecule has 0 saturated carbocycles. The van der Waals surface area contributed by atoms with Crippen molar-refractivity contribution in [1.29, 1.82) is 0 Å². The van der Waals surface area contributed by atoms with Crippen LogP contribution in [-0.2, 0) is 4.79 Å². The Labute approximate surface area is 135 Å². The number of likely N-dealkylation sites (tertiary alicyclic amines) is 1. The predicted molar refractivity (Wildman–Crippen MR) is 91.0 cm³/mol. The zero-order valence-corrected chi connectivity index (χ0v) is 13.7. The van der Waals surface area contributed by atoms with Crippen LogP contribution < -0.4 is 4.74 Å². The van der Waals surface area contributed by atoms with Gasteiger partial charge >= 0.3 is 0 Å². The Morgan fingerprint density at radius 3 is 2.73 bits per heavy atom. The van der Waals surface area contributed by atoms with Gasteiger partial charge < -0.3 is 9.64 Å². The quantitative estimate of drug-likeness (QED) is 0.800. The summed E-state index contributed by atoms with van der Waals surface area (Å²) in [5, 5.41) is 0.844. The lowest BCUT2D eigenvalue weighted by Crippen LogP contribution is -2.23. The SMILES string of the molecule is CC(C)Oc1ccccc1/C=C1\SC(N2CCCC2)=NC1=O. The van der Waals surface area contributed by atoms with Gasteiger partial charge in [-0.3, -0.25) is 4.79 Å². The van der Waals surface area contributed by atoms with Gasteiger partial charge in [0.2, 0.25) is 0 Å². The number of amidine groups is 1. The summed E-state index contributed by atoms with van der Waals surface area (Å²) in [5.41, 5.74) is 0.921. The van der Waals surface area contributed by atoms with Gasteiger partial charge in [0.1, 0.15) is 5.75 Å². The number of para-hydroxylation sites is 1. The van der Waals surface area contributed by atoms with Crippen LogP contribution in [0.15, 0.2) is 34.2 Å². The van der Waals surface area contributed by atoms with Crippen LogP contribution in [0.4, 0.5) is 0 Å². The summed E-state index contributed by atoms with van der Waals surface area (Å²) in [6.45, 7) is 5.99. The molecule has 0 unspecified atom stereocenters. The summed E-state index contributed by atoms with van der Waals surface area (Å²) in [5.74, 6) is 0.652. The molecule has 0 spiro atoms. The van der Waals surface area contributed by atoms with Gasteiger partial charge in [-0.05, 0) is 50.6 Å². The van der Waals surface area contributed by atoms with E-state index >= 15 is 0 Å². The number of rotatable bonds is 3. The molecule has 1 saturated heterocycles. The number of carbonyl (C=O) groups excluding carboxylic acids is 1. The molecule has 22 heavy (non-hydrogen) atoms. The molecular formula is C17H20N2O2S. The summed E-state index contributed by atoms with van der Waals surface area (Å²) >= 11 is 1.47. The van der Waals surface area contributed by atoms with E-state index in [1.165, 1.54) is 24.6 Å². The molecule has 2 aliphatic rings. The summed E-state index contributed by atoms with van der Waals surface area (Å²) in [7, 11) is 0. The molecule has 0 radical (unpaired) electrons. The molecule has 0 bridgehead atoms. The van der Waals surface area contributed by atoms with Gasteiger partial charge in [0, 0.05) is 18.7 Å². The molecule has 1 aromatic rings. The van der Waals surface area contributed by atoms with Gasteiger partial charge in [0.05, 0.1) is 11.0 Å². The normalized spacial score (nSPS) is 20.1. The number of amides is 1. The first kappa shape index (κ1) is 15.2. The Morgan fingerprint density at radius 1 is 1.27 bits per heavy atom. The number of thioether (sulfide) groups is 1. The zero-order valence-electron chi connectivity index (χ0n) is 12.9. The number of aliphatic imine (C=N–C) groups is 1. The monoisotopic (exact) mass is 316 g/mol. The van der Waals surface area contributed by atoms with Crippen molar-refractivity contribution in [3.8, 4) is 5.75 Å². The van der Waals surface area contributed by atoms with E-state index in [-0.39, 0.29) is 12.0 Å². The standard InChI is InChI=1S/C17H20N2O2S/c1-12(2)21-14-8-4-3-7-13(14)11-15-16(20)18-17(22-15)19-9-5-6-10-19/h3-4,7-8,11-12H,5-6,9-10H2,1-2H3/b15-11-. The van der Waals surface area contributed by atoms with Crippen molar-refractivity contribution in [2.45, 2.75) is 32.8 Å². The summed E-state index contributed by atoms with van der Waals surface area (Å²) in [6, 6.07) is 7.78. The van der Waals surface area contributed by atoms with Gasteiger partial charge in [-0.1, -0.05) is 18.2 Å². The van der Waals surface area contributed by atoms with E-state index in [9.17, 15) is 4.79 Å². The topological polar surface area (TPSA) is 41.9 Å². The van der Waals surface area contributed by atoms with Crippen molar-refractivity contribution in [3.63, 3.8) is 0 Å². The fraction of sp³-hybridized carbons (Fsp3) is 0.412. The largest absolute Gasteiger partial charge is 0.490 e. The Balaban J connectivity index is 1.80. The molecule has 1 amide bonds. The molecule has 0 aromatic heterocycles. The van der Waals surface area contributed by atoms with Crippen LogP contribution in [0.1, 0.15) is 32.3 Å². The van der Waals surface area contributed by atoms with Crippen LogP contribution in [-0.4, -0.2) is 35.2 Å². The highest BCUT2D eigenvalue weighted by molar-refractivity contribution is 8.18. The van der Waals surface area contributed by atoms with Crippen LogP contribution >= 0.6 is 11.8 Å². The first-order valence-electron chi connectivity index (χ1n) is 7.66. The smallest absolute Gasteiger partial charge is 0.286 e. The second-order valence-electron chi connectivity index (χ2n) is 5.71. The highest BCUT2D eigenvalue weighted by Crippen LogP contribution is 2.33. The van der Waals surface area contributed by atoms with Crippen LogP contribution in [0, 0.1) is 0 Å². The van der Waals surface area contributed by atoms with E-state index in [1.807, 2.05) is 44.2 Å². The number of hydrogen-bond donors (Lipinski definition) is 0. The Kier molecular flexibility index (Phi) is 4.52. The molecule has 3 rings (SSSR count). The maximum atomic E-state index is 12.1. The third kappa shape index (κ3) is 3.35. The van der Waals surface area contributed by atoms with Gasteiger partial charge in [-0.15, -0.1) is 0 Å². The molecular weight excluding hydrogens is 296 g/mol. The molecule has 2 aliphatic heterocycles. The van der Waals surface area contributed by atoms with E-state index < -0.39 is 0 Å². The van der Waals surface area contributed by atoms with Gasteiger partial charge in [0.25, 0.3) is 5.91 Å². The Morgan fingerprint density at radius 2 is 2.00 bits per heavy atom. The second kappa shape index (κ2) is 6.57. The van der Waals surface area contributed by atoms with Gasteiger partial charge in [0.15, 0.2) is 5.17 Å². The lowest BCUT2D eigenvalue weighted by molar-refractivity contribution is -0.113. The van der Waals surface area contributed by atoms with Crippen molar-refractivity contribution in [2.24, 2.45) is 4.99 Å². The highest BCUT2D eigenvalue weighted by atomic mass is 32.2. The third-order valence-corrected chi connectivity index (χ3v) is 4.60. The van der Waals surface area contributed by atoms with E-state index in [1.54, 1.807) is 0 Å². The van der Waals surface area contributed by atoms with Gasteiger partial charge in [-0.2, -0.15) is 4.99 Å². The first-order valence-corrected chi connectivity index (χ1v) is 8.48. The molecule has 116 valence electrons. The van der Waals surface area contributed by atoms with E-state index in [4.69, 9.17) is 4.74 Å². The minimum atomic E-state index is -0.147. The van der Waals surface area contributed by atoms with Crippen molar-refractivity contribution in [3.05, 3.63) is 34.7 Å². The van der Waals surface area contributed by atoms with Gasteiger partial charge in [-0.25, -0.2) is 0 Å². The molecule has 0 aliphatic carbocycles. The molecule has 1 fully saturated rings. The van der Waals surface area contributed by atoms with Crippen molar-refractivity contribution in [1.82, 2.24) is 4.90 Å². The summed E-state index contributed by atoms with van der Waals surface area (Å²) in [4.78, 5) is 19.2. The molecule has 0 atom stereocenters. The molecule has 2 heterocycles. The number of benzene rings is 1. The van der Waals surface area contributed by atoms with E-state index in [0.29, 0.717) is 4.91 Å². The summed E-state index contributed by atoms with van der Waals surface area (Å²) in [6.07, 6.45) is 4.34. The van der Waals surface area contributed by atoms with Crippen LogP contribution in [0.5, 0.6) is 5.75 Å². The second-order valence-corrected chi connectivity index (χ2v) is 6.72. The Hall–Kier alpha value is -1.75. The van der Waals surface area contributed by atoms with E-state index in [0.717, 1.165) is 29.6 Å². The minimum absolute atomic E-state index is 0.0999. The lowest BCUT2D eigenvalue weighted by atomic mass is 10.2.